The van der Waals surface area contributed by atoms with E-state index >= 15 is 0 Å². The number of aldehydes is 1. The summed E-state index contributed by atoms with van der Waals surface area (Å²) in [4.78, 5) is 29.0. The Bertz CT molecular complexity index is 962. The first kappa shape index (κ1) is 22.6. The van der Waals surface area contributed by atoms with Crippen LogP contribution in [0.5, 0.6) is 5.88 Å². The van der Waals surface area contributed by atoms with Crippen molar-refractivity contribution in [1.82, 2.24) is 4.98 Å². The molecule has 0 fully saturated rings. The minimum absolute atomic E-state index is 0.0177. The molecule has 0 saturated carbocycles. The Labute approximate surface area is 177 Å². The van der Waals surface area contributed by atoms with Gasteiger partial charge in [0.25, 0.3) is 0 Å². The highest BCUT2D eigenvalue weighted by molar-refractivity contribution is 5.86. The Morgan fingerprint density at radius 1 is 1.26 bits per heavy atom. The molecule has 1 aromatic carbocycles. The molecule has 1 aromatic heterocycles. The van der Waals surface area contributed by atoms with Crippen molar-refractivity contribution in [2.24, 2.45) is 5.92 Å². The van der Waals surface area contributed by atoms with Crippen molar-refractivity contribution in [2.75, 3.05) is 11.9 Å². The zero-order chi connectivity index (χ0) is 22.8. The molecule has 0 amide bonds. The number of nitrogens with zero attached hydrogens (tertiary/aromatic N) is 1. The highest BCUT2D eigenvalue weighted by Gasteiger charge is 2.48. The van der Waals surface area contributed by atoms with Crippen LogP contribution in [0.25, 0.3) is 0 Å². The predicted molar refractivity (Wildman–Crippen MR) is 107 cm³/mol. The topological polar surface area (TPSA) is 77.5 Å². The van der Waals surface area contributed by atoms with E-state index in [0.717, 1.165) is 6.07 Å². The number of ether oxygens (including phenoxy) is 2. The molecule has 1 aliphatic heterocycles. The van der Waals surface area contributed by atoms with Crippen LogP contribution < -0.4 is 10.1 Å². The van der Waals surface area contributed by atoms with Crippen molar-refractivity contribution >= 4 is 17.9 Å². The van der Waals surface area contributed by atoms with Gasteiger partial charge in [0.05, 0.1) is 30.2 Å². The molecular weight excluding hydrogens is 413 g/mol. The summed E-state index contributed by atoms with van der Waals surface area (Å²) >= 11 is 0. The lowest BCUT2D eigenvalue weighted by atomic mass is 9.73. The van der Waals surface area contributed by atoms with Crippen molar-refractivity contribution < 1.29 is 32.2 Å². The first-order chi connectivity index (χ1) is 14.7. The minimum atomic E-state index is -4.67. The summed E-state index contributed by atoms with van der Waals surface area (Å²) in [5.41, 5.74) is -0.385. The number of alkyl halides is 3. The smallest absolute Gasteiger partial charge is 0.416 e. The fourth-order valence-corrected chi connectivity index (χ4v) is 3.87. The van der Waals surface area contributed by atoms with Crippen LogP contribution in [0.15, 0.2) is 36.5 Å². The van der Waals surface area contributed by atoms with Crippen LogP contribution in [-0.4, -0.2) is 36.0 Å². The SMILES string of the molecule is CCOC(=O)C1C(C=O)Nc2ccnc(OC(C)C)c2C1c1ccccc1C(F)(F)F. The lowest BCUT2D eigenvalue weighted by molar-refractivity contribution is -0.150. The number of hydrogen-bond acceptors (Lipinski definition) is 6. The van der Waals surface area contributed by atoms with Crippen molar-refractivity contribution in [3.8, 4) is 5.88 Å². The standard InChI is InChI=1S/C22H23F3N2O4/c1-4-30-21(29)19-16(11-28)27-15-9-10-26-20(31-12(2)3)18(15)17(19)13-7-5-6-8-14(13)22(23,24)25/h5-12,16-17,19,27H,4H2,1-3H3. The summed E-state index contributed by atoms with van der Waals surface area (Å²) in [6.07, 6.45) is -3.04. The average Bonchev–Trinajstić information content (AvgIpc) is 2.71. The predicted octanol–water partition coefficient (Wildman–Crippen LogP) is 4.19. The van der Waals surface area contributed by atoms with E-state index in [1.165, 1.54) is 24.4 Å². The quantitative estimate of drug-likeness (QED) is 0.541. The monoisotopic (exact) mass is 436 g/mol. The number of esters is 1. The second-order valence-electron chi connectivity index (χ2n) is 7.39. The fraction of sp³-hybridized carbons (Fsp3) is 0.409. The highest BCUT2D eigenvalue weighted by atomic mass is 19.4. The number of aromatic nitrogens is 1. The van der Waals surface area contributed by atoms with E-state index in [1.807, 2.05) is 0 Å². The third-order valence-electron chi connectivity index (χ3n) is 4.99. The van der Waals surface area contributed by atoms with Crippen molar-refractivity contribution in [3.63, 3.8) is 0 Å². The molecule has 166 valence electrons. The average molecular weight is 436 g/mol. The van der Waals surface area contributed by atoms with Crippen LogP contribution in [0, 0.1) is 5.92 Å². The summed E-state index contributed by atoms with van der Waals surface area (Å²) in [5, 5.41) is 2.94. The Morgan fingerprint density at radius 2 is 1.97 bits per heavy atom. The van der Waals surface area contributed by atoms with Gasteiger partial charge in [-0.3, -0.25) is 4.79 Å². The molecule has 31 heavy (non-hydrogen) atoms. The van der Waals surface area contributed by atoms with Crippen molar-refractivity contribution in [1.29, 1.82) is 0 Å². The second-order valence-corrected chi connectivity index (χ2v) is 7.39. The van der Waals surface area contributed by atoms with Gasteiger partial charge in [-0.2, -0.15) is 13.2 Å². The van der Waals surface area contributed by atoms with Gasteiger partial charge in [0, 0.05) is 23.4 Å². The Balaban J connectivity index is 2.33. The molecule has 0 bridgehead atoms. The normalized spacial score (nSPS) is 20.5. The molecule has 1 aliphatic rings. The molecule has 0 aliphatic carbocycles. The van der Waals surface area contributed by atoms with Crippen molar-refractivity contribution in [2.45, 2.75) is 45.0 Å². The Hall–Kier alpha value is -3.10. The van der Waals surface area contributed by atoms with Crippen LogP contribution >= 0.6 is 0 Å². The number of hydrogen-bond donors (Lipinski definition) is 1. The lowest BCUT2D eigenvalue weighted by Gasteiger charge is -2.38. The number of carbonyl (C=O) groups excluding carboxylic acids is 2. The van der Waals surface area contributed by atoms with Gasteiger partial charge >= 0.3 is 12.1 Å². The van der Waals surface area contributed by atoms with E-state index in [4.69, 9.17) is 9.47 Å². The number of pyridine rings is 1. The zero-order valence-electron chi connectivity index (χ0n) is 17.3. The van der Waals surface area contributed by atoms with Gasteiger partial charge in [-0.05, 0) is 38.5 Å². The molecule has 0 spiro atoms. The van der Waals surface area contributed by atoms with E-state index in [0.29, 0.717) is 12.0 Å². The number of anilines is 1. The molecular formula is C22H23F3N2O4. The van der Waals surface area contributed by atoms with Gasteiger partial charge in [0.15, 0.2) is 0 Å². The summed E-state index contributed by atoms with van der Waals surface area (Å²) in [5.74, 6) is -3.09. The molecule has 0 radical (unpaired) electrons. The maximum atomic E-state index is 13.9. The van der Waals surface area contributed by atoms with Gasteiger partial charge in [-0.1, -0.05) is 18.2 Å². The summed E-state index contributed by atoms with van der Waals surface area (Å²) in [6, 6.07) is 5.46. The molecule has 3 unspecified atom stereocenters. The van der Waals surface area contributed by atoms with Gasteiger partial charge in [-0.25, -0.2) is 4.98 Å². The van der Waals surface area contributed by atoms with E-state index < -0.39 is 35.6 Å². The molecule has 3 rings (SSSR count). The molecule has 9 heteroatoms. The van der Waals surface area contributed by atoms with E-state index in [-0.39, 0.29) is 29.7 Å². The van der Waals surface area contributed by atoms with Gasteiger partial charge in [-0.15, -0.1) is 0 Å². The molecule has 1 N–H and O–H groups in total. The number of fused-ring (bicyclic) bond motifs is 1. The first-order valence-electron chi connectivity index (χ1n) is 9.89. The number of halogens is 3. The van der Waals surface area contributed by atoms with Crippen molar-refractivity contribution in [3.05, 3.63) is 53.2 Å². The highest BCUT2D eigenvalue weighted by Crippen LogP contribution is 2.49. The Kier molecular flexibility index (Phi) is 6.52. The second kappa shape index (κ2) is 8.95. The lowest BCUT2D eigenvalue weighted by Crippen LogP contribution is -2.45. The summed E-state index contributed by atoms with van der Waals surface area (Å²) in [6.45, 7) is 5.12. The largest absolute Gasteiger partial charge is 0.475 e. The maximum Gasteiger partial charge on any atom is 0.416 e. The van der Waals surface area contributed by atoms with E-state index in [9.17, 15) is 22.8 Å². The minimum Gasteiger partial charge on any atom is -0.475 e. The molecule has 2 heterocycles. The molecule has 0 saturated heterocycles. The molecule has 3 atom stereocenters. The first-order valence-corrected chi connectivity index (χ1v) is 9.89. The number of rotatable bonds is 6. The number of nitrogens with one attached hydrogen (secondary N) is 1. The number of benzene rings is 1. The van der Waals surface area contributed by atoms with Gasteiger partial charge < -0.3 is 19.6 Å². The molecule has 6 nitrogen and oxygen atoms in total. The third-order valence-corrected chi connectivity index (χ3v) is 4.99. The van der Waals surface area contributed by atoms with Crippen LogP contribution in [-0.2, 0) is 20.5 Å². The van der Waals surface area contributed by atoms with E-state index in [2.05, 4.69) is 10.3 Å². The van der Waals surface area contributed by atoms with Gasteiger partial charge in [0.1, 0.15) is 6.29 Å². The van der Waals surface area contributed by atoms with Crippen LogP contribution in [0.2, 0.25) is 0 Å². The fourth-order valence-electron chi connectivity index (χ4n) is 3.87. The summed E-state index contributed by atoms with van der Waals surface area (Å²) in [7, 11) is 0. The molecule has 2 aromatic rings. The van der Waals surface area contributed by atoms with Gasteiger partial charge in [0.2, 0.25) is 5.88 Å². The van der Waals surface area contributed by atoms with E-state index in [1.54, 1.807) is 26.8 Å². The van der Waals surface area contributed by atoms with Crippen LogP contribution in [0.3, 0.4) is 0 Å². The zero-order valence-corrected chi connectivity index (χ0v) is 17.3. The van der Waals surface area contributed by atoms with Crippen LogP contribution in [0.1, 0.15) is 43.4 Å². The Morgan fingerprint density at radius 3 is 2.58 bits per heavy atom. The number of carbonyl (C=O) groups is 2. The third kappa shape index (κ3) is 4.50. The van der Waals surface area contributed by atoms with Crippen LogP contribution in [0.4, 0.5) is 18.9 Å². The summed E-state index contributed by atoms with van der Waals surface area (Å²) < 4.78 is 52.6. The maximum absolute atomic E-state index is 13.9.